The fraction of sp³-hybridized carbons (Fsp3) is 0.300. The normalized spacial score (nSPS) is 9.53. The zero-order valence-corrected chi connectivity index (χ0v) is 8.87. The van der Waals surface area contributed by atoms with Crippen LogP contribution >= 0.6 is 0 Å². The molecule has 0 unspecified atom stereocenters. The summed E-state index contributed by atoms with van der Waals surface area (Å²) < 4.78 is 15.2. The Labute approximate surface area is 87.7 Å². The van der Waals surface area contributed by atoms with Crippen LogP contribution in [-0.4, -0.2) is 27.6 Å². The molecule has 1 aromatic carbocycles. The van der Waals surface area contributed by atoms with Crippen molar-refractivity contribution in [2.75, 3.05) is 27.1 Å². The number of hydrogen-bond acceptors (Lipinski definition) is 5. The Morgan fingerprint density at radius 1 is 1.13 bits per heavy atom. The summed E-state index contributed by atoms with van der Waals surface area (Å²) in [4.78, 5) is 10.7. The zero-order chi connectivity index (χ0) is 11.4. The SMILES string of the molecule is COc1cc(C=O)c(N)c(OC)c1OC. The first-order chi connectivity index (χ1) is 7.19. The topological polar surface area (TPSA) is 70.8 Å². The van der Waals surface area contributed by atoms with E-state index in [0.717, 1.165) is 0 Å². The van der Waals surface area contributed by atoms with Gasteiger partial charge in [0.25, 0.3) is 0 Å². The number of nitrogen functional groups attached to an aromatic ring is 1. The van der Waals surface area contributed by atoms with Gasteiger partial charge in [-0.15, -0.1) is 0 Å². The molecule has 1 rings (SSSR count). The zero-order valence-electron chi connectivity index (χ0n) is 8.87. The molecule has 0 bridgehead atoms. The van der Waals surface area contributed by atoms with Gasteiger partial charge in [-0.3, -0.25) is 4.79 Å². The second-order valence-corrected chi connectivity index (χ2v) is 2.77. The molecule has 0 amide bonds. The lowest BCUT2D eigenvalue weighted by molar-refractivity contribution is 0.112. The van der Waals surface area contributed by atoms with Crippen LogP contribution in [-0.2, 0) is 0 Å². The van der Waals surface area contributed by atoms with Crippen molar-refractivity contribution in [3.63, 3.8) is 0 Å². The van der Waals surface area contributed by atoms with Crippen LogP contribution in [0, 0.1) is 0 Å². The summed E-state index contributed by atoms with van der Waals surface area (Å²) in [7, 11) is 4.39. The summed E-state index contributed by atoms with van der Waals surface area (Å²) >= 11 is 0. The minimum Gasteiger partial charge on any atom is -0.493 e. The van der Waals surface area contributed by atoms with Crippen LogP contribution in [0.1, 0.15) is 10.4 Å². The lowest BCUT2D eigenvalue weighted by Crippen LogP contribution is -2.02. The molecule has 0 atom stereocenters. The average Bonchev–Trinajstić information content (AvgIpc) is 2.28. The first-order valence-electron chi connectivity index (χ1n) is 4.23. The number of carbonyl (C=O) groups is 1. The predicted octanol–water partition coefficient (Wildman–Crippen LogP) is 1.11. The average molecular weight is 211 g/mol. The maximum Gasteiger partial charge on any atom is 0.205 e. The molecular weight excluding hydrogens is 198 g/mol. The molecule has 2 N–H and O–H groups in total. The van der Waals surface area contributed by atoms with E-state index in [2.05, 4.69) is 0 Å². The summed E-state index contributed by atoms with van der Waals surface area (Å²) in [6.45, 7) is 0. The lowest BCUT2D eigenvalue weighted by atomic mass is 10.1. The van der Waals surface area contributed by atoms with Crippen molar-refractivity contribution in [1.29, 1.82) is 0 Å². The number of nitrogens with two attached hydrogens (primary N) is 1. The molecule has 0 aliphatic carbocycles. The lowest BCUT2D eigenvalue weighted by Gasteiger charge is -2.14. The van der Waals surface area contributed by atoms with Crippen molar-refractivity contribution in [2.45, 2.75) is 0 Å². The second-order valence-electron chi connectivity index (χ2n) is 2.77. The van der Waals surface area contributed by atoms with Crippen LogP contribution < -0.4 is 19.9 Å². The first-order valence-corrected chi connectivity index (χ1v) is 4.23. The molecule has 0 aromatic heterocycles. The molecule has 1 aromatic rings. The van der Waals surface area contributed by atoms with Gasteiger partial charge in [0.2, 0.25) is 5.75 Å². The minimum atomic E-state index is 0.241. The molecular formula is C10H13NO4. The van der Waals surface area contributed by atoms with Crippen LogP contribution in [0.4, 0.5) is 5.69 Å². The molecule has 0 heterocycles. The van der Waals surface area contributed by atoms with Gasteiger partial charge in [-0.2, -0.15) is 0 Å². The number of carbonyl (C=O) groups excluding carboxylic acids is 1. The molecule has 0 saturated heterocycles. The monoisotopic (exact) mass is 211 g/mol. The van der Waals surface area contributed by atoms with E-state index < -0.39 is 0 Å². The van der Waals surface area contributed by atoms with E-state index in [1.807, 2.05) is 0 Å². The Balaban J connectivity index is 3.49. The third kappa shape index (κ3) is 1.81. The summed E-state index contributed by atoms with van der Waals surface area (Å²) in [6, 6.07) is 1.50. The van der Waals surface area contributed by atoms with Crippen LogP contribution in [0.5, 0.6) is 17.2 Å². The summed E-state index contributed by atoms with van der Waals surface area (Å²) in [5.41, 5.74) is 6.26. The number of hydrogen-bond donors (Lipinski definition) is 1. The number of rotatable bonds is 4. The molecule has 82 valence electrons. The van der Waals surface area contributed by atoms with E-state index in [4.69, 9.17) is 19.9 Å². The minimum absolute atomic E-state index is 0.241. The van der Waals surface area contributed by atoms with Gasteiger partial charge in [-0.25, -0.2) is 0 Å². The van der Waals surface area contributed by atoms with E-state index in [1.54, 1.807) is 0 Å². The highest BCUT2D eigenvalue weighted by Crippen LogP contribution is 2.42. The standard InChI is InChI=1S/C10H13NO4/c1-13-7-4-6(5-12)8(11)10(15-3)9(7)14-2/h4-5H,11H2,1-3H3. The van der Waals surface area contributed by atoms with Gasteiger partial charge in [-0.1, -0.05) is 0 Å². The Morgan fingerprint density at radius 3 is 2.13 bits per heavy atom. The van der Waals surface area contributed by atoms with E-state index >= 15 is 0 Å². The van der Waals surface area contributed by atoms with Gasteiger partial charge < -0.3 is 19.9 Å². The van der Waals surface area contributed by atoms with Crippen molar-refractivity contribution in [1.82, 2.24) is 0 Å². The van der Waals surface area contributed by atoms with Crippen molar-refractivity contribution < 1.29 is 19.0 Å². The van der Waals surface area contributed by atoms with Gasteiger partial charge in [0.1, 0.15) is 0 Å². The Kier molecular flexibility index (Phi) is 3.38. The summed E-state index contributed by atoms with van der Waals surface area (Å²) in [6.07, 6.45) is 0.639. The van der Waals surface area contributed by atoms with E-state index in [0.29, 0.717) is 29.1 Å². The molecule has 0 saturated carbocycles. The molecule has 0 spiro atoms. The van der Waals surface area contributed by atoms with Crippen LogP contribution in [0.2, 0.25) is 0 Å². The van der Waals surface area contributed by atoms with Gasteiger partial charge in [0.05, 0.1) is 27.0 Å². The largest absolute Gasteiger partial charge is 0.493 e. The molecule has 5 heteroatoms. The van der Waals surface area contributed by atoms with Crippen LogP contribution in [0.15, 0.2) is 6.07 Å². The molecule has 5 nitrogen and oxygen atoms in total. The highest BCUT2D eigenvalue weighted by molar-refractivity contribution is 5.89. The first kappa shape index (κ1) is 11.2. The smallest absolute Gasteiger partial charge is 0.205 e. The van der Waals surface area contributed by atoms with Gasteiger partial charge in [0, 0.05) is 5.56 Å². The van der Waals surface area contributed by atoms with E-state index in [1.165, 1.54) is 27.4 Å². The van der Waals surface area contributed by atoms with Gasteiger partial charge >= 0.3 is 0 Å². The third-order valence-electron chi connectivity index (χ3n) is 2.03. The quantitative estimate of drug-likeness (QED) is 0.596. The predicted molar refractivity (Wildman–Crippen MR) is 55.9 cm³/mol. The van der Waals surface area contributed by atoms with Crippen molar-refractivity contribution >= 4 is 12.0 Å². The fourth-order valence-electron chi connectivity index (χ4n) is 1.29. The Bertz CT molecular complexity index is 376. The van der Waals surface area contributed by atoms with Crippen LogP contribution in [0.25, 0.3) is 0 Å². The molecule has 0 aliphatic rings. The van der Waals surface area contributed by atoms with Gasteiger partial charge in [-0.05, 0) is 6.07 Å². The number of anilines is 1. The Morgan fingerprint density at radius 2 is 1.73 bits per heavy atom. The highest BCUT2D eigenvalue weighted by Gasteiger charge is 2.17. The number of benzene rings is 1. The maximum absolute atomic E-state index is 10.7. The Hall–Kier alpha value is -1.91. The fourth-order valence-corrected chi connectivity index (χ4v) is 1.29. The summed E-state index contributed by atoms with van der Waals surface area (Å²) in [5.74, 6) is 1.09. The number of aldehydes is 1. The number of ether oxygens (including phenoxy) is 3. The van der Waals surface area contributed by atoms with Crippen molar-refractivity contribution in [3.8, 4) is 17.2 Å². The van der Waals surface area contributed by atoms with E-state index in [-0.39, 0.29) is 5.69 Å². The van der Waals surface area contributed by atoms with Crippen LogP contribution in [0.3, 0.4) is 0 Å². The molecule has 0 aliphatic heterocycles. The summed E-state index contributed by atoms with van der Waals surface area (Å²) in [5, 5.41) is 0. The number of methoxy groups -OCH3 is 3. The maximum atomic E-state index is 10.7. The van der Waals surface area contributed by atoms with Gasteiger partial charge in [0.15, 0.2) is 17.8 Å². The molecule has 0 fully saturated rings. The molecule has 15 heavy (non-hydrogen) atoms. The van der Waals surface area contributed by atoms with E-state index in [9.17, 15) is 4.79 Å². The third-order valence-corrected chi connectivity index (χ3v) is 2.03. The second kappa shape index (κ2) is 4.54. The van der Waals surface area contributed by atoms with Crippen molar-refractivity contribution in [2.24, 2.45) is 0 Å². The highest BCUT2D eigenvalue weighted by atomic mass is 16.5. The van der Waals surface area contributed by atoms with Crippen molar-refractivity contribution in [3.05, 3.63) is 11.6 Å². The molecule has 0 radical (unpaired) electrons.